The van der Waals surface area contributed by atoms with E-state index < -0.39 is 0 Å². The second-order valence-electron chi connectivity index (χ2n) is 4.29. The van der Waals surface area contributed by atoms with Crippen molar-refractivity contribution in [3.05, 3.63) is 20.8 Å². The molecule has 4 heteroatoms. The van der Waals surface area contributed by atoms with E-state index in [0.717, 1.165) is 34.7 Å². The van der Waals surface area contributed by atoms with Crippen LogP contribution >= 0.6 is 27.3 Å². The molecular weight excluding hydrogens is 298 g/mol. The molecule has 1 aromatic heterocycles. The molecule has 0 aliphatic rings. The van der Waals surface area contributed by atoms with E-state index in [0.29, 0.717) is 0 Å². The van der Waals surface area contributed by atoms with Crippen LogP contribution in [0, 0.1) is 0 Å². The zero-order valence-corrected chi connectivity index (χ0v) is 13.1. The molecule has 0 radical (unpaired) electrons. The Kier molecular flexibility index (Phi) is 7.35. The second-order valence-corrected chi connectivity index (χ2v) is 6.78. The van der Waals surface area contributed by atoms with Crippen molar-refractivity contribution in [1.29, 1.82) is 0 Å². The first-order chi connectivity index (χ1) is 8.17. The number of aliphatic hydroxyl groups is 1. The first kappa shape index (κ1) is 15.2. The summed E-state index contributed by atoms with van der Waals surface area (Å²) in [6.07, 6.45) is 2.87. The van der Waals surface area contributed by atoms with Crippen molar-refractivity contribution in [2.24, 2.45) is 0 Å². The SMILES string of the molecule is CCCN(CCC)CCC(O)c1ccc(Br)s1. The van der Waals surface area contributed by atoms with E-state index in [9.17, 15) is 5.11 Å². The van der Waals surface area contributed by atoms with E-state index in [1.54, 1.807) is 11.3 Å². The Morgan fingerprint density at radius 1 is 1.24 bits per heavy atom. The lowest BCUT2D eigenvalue weighted by molar-refractivity contribution is 0.144. The number of hydrogen-bond donors (Lipinski definition) is 1. The van der Waals surface area contributed by atoms with Crippen molar-refractivity contribution >= 4 is 27.3 Å². The summed E-state index contributed by atoms with van der Waals surface area (Å²) in [4.78, 5) is 3.50. The van der Waals surface area contributed by atoms with Gasteiger partial charge < -0.3 is 10.0 Å². The van der Waals surface area contributed by atoms with Gasteiger partial charge in [0.05, 0.1) is 9.89 Å². The molecule has 1 heterocycles. The van der Waals surface area contributed by atoms with Gasteiger partial charge >= 0.3 is 0 Å². The Bertz CT molecular complexity index is 310. The minimum absolute atomic E-state index is 0.317. The summed E-state index contributed by atoms with van der Waals surface area (Å²) in [6, 6.07) is 4.00. The normalized spacial score (nSPS) is 13.2. The predicted octanol–water partition coefficient (Wildman–Crippen LogP) is 4.06. The van der Waals surface area contributed by atoms with Crippen molar-refractivity contribution in [1.82, 2.24) is 4.90 Å². The van der Waals surface area contributed by atoms with Gasteiger partial charge in [0.15, 0.2) is 0 Å². The number of nitrogens with zero attached hydrogens (tertiary/aromatic N) is 1. The van der Waals surface area contributed by atoms with Crippen LogP contribution in [0.4, 0.5) is 0 Å². The Labute approximate surface area is 117 Å². The third-order valence-corrected chi connectivity index (χ3v) is 4.45. The first-order valence-corrected chi connectivity index (χ1v) is 7.94. The zero-order valence-electron chi connectivity index (χ0n) is 10.7. The monoisotopic (exact) mass is 319 g/mol. The van der Waals surface area contributed by atoms with Gasteiger partial charge in [-0.3, -0.25) is 0 Å². The van der Waals surface area contributed by atoms with Crippen molar-refractivity contribution < 1.29 is 5.11 Å². The molecule has 98 valence electrons. The van der Waals surface area contributed by atoms with Gasteiger partial charge in [-0.25, -0.2) is 0 Å². The molecule has 1 aromatic rings. The summed E-state index contributed by atoms with van der Waals surface area (Å²) in [5, 5.41) is 10.1. The van der Waals surface area contributed by atoms with Crippen LogP contribution in [0.25, 0.3) is 0 Å². The van der Waals surface area contributed by atoms with Crippen molar-refractivity contribution in [2.45, 2.75) is 39.2 Å². The number of aliphatic hydroxyl groups excluding tert-OH is 1. The minimum Gasteiger partial charge on any atom is -0.388 e. The van der Waals surface area contributed by atoms with Crippen molar-refractivity contribution in [3.63, 3.8) is 0 Å². The molecule has 0 bridgehead atoms. The molecular formula is C13H22BrNOS. The summed E-state index contributed by atoms with van der Waals surface area (Å²) in [7, 11) is 0. The van der Waals surface area contributed by atoms with Gasteiger partial charge in [-0.05, 0) is 60.4 Å². The van der Waals surface area contributed by atoms with Gasteiger partial charge in [0.25, 0.3) is 0 Å². The third kappa shape index (κ3) is 5.51. The average molecular weight is 320 g/mol. The molecule has 1 rings (SSSR count). The fourth-order valence-corrected chi connectivity index (χ4v) is 3.37. The van der Waals surface area contributed by atoms with Crippen LogP contribution < -0.4 is 0 Å². The van der Waals surface area contributed by atoms with Gasteiger partial charge in [0.2, 0.25) is 0 Å². The second kappa shape index (κ2) is 8.25. The summed E-state index contributed by atoms with van der Waals surface area (Å²) in [5.41, 5.74) is 0. The lowest BCUT2D eigenvalue weighted by Gasteiger charge is -2.22. The molecule has 0 saturated carbocycles. The molecule has 0 amide bonds. The molecule has 1 N–H and O–H groups in total. The lowest BCUT2D eigenvalue weighted by Crippen LogP contribution is -2.27. The number of rotatable bonds is 8. The smallest absolute Gasteiger partial charge is 0.0894 e. The van der Waals surface area contributed by atoms with Gasteiger partial charge in [-0.15, -0.1) is 11.3 Å². The number of thiophene rings is 1. The quantitative estimate of drug-likeness (QED) is 0.781. The Balaban J connectivity index is 2.37. The minimum atomic E-state index is -0.317. The number of hydrogen-bond acceptors (Lipinski definition) is 3. The fraction of sp³-hybridized carbons (Fsp3) is 0.692. The van der Waals surface area contributed by atoms with Gasteiger partial charge in [-0.1, -0.05) is 13.8 Å². The molecule has 1 unspecified atom stereocenters. The third-order valence-electron chi connectivity index (χ3n) is 2.72. The molecule has 0 aliphatic heterocycles. The van der Waals surface area contributed by atoms with Gasteiger partial charge in [0, 0.05) is 11.4 Å². The van der Waals surface area contributed by atoms with Crippen LogP contribution in [0.3, 0.4) is 0 Å². The van der Waals surface area contributed by atoms with Crippen LogP contribution in [0.5, 0.6) is 0 Å². The Morgan fingerprint density at radius 2 is 1.88 bits per heavy atom. The van der Waals surface area contributed by atoms with Crippen molar-refractivity contribution in [2.75, 3.05) is 19.6 Å². The van der Waals surface area contributed by atoms with E-state index in [-0.39, 0.29) is 6.10 Å². The molecule has 17 heavy (non-hydrogen) atoms. The van der Waals surface area contributed by atoms with Gasteiger partial charge in [0.1, 0.15) is 0 Å². The molecule has 0 fully saturated rings. The molecule has 0 saturated heterocycles. The van der Waals surface area contributed by atoms with Crippen LogP contribution in [-0.4, -0.2) is 29.6 Å². The fourth-order valence-electron chi connectivity index (χ4n) is 1.92. The highest BCUT2D eigenvalue weighted by molar-refractivity contribution is 9.11. The maximum atomic E-state index is 10.1. The summed E-state index contributed by atoms with van der Waals surface area (Å²) in [6.45, 7) is 7.66. The molecule has 2 nitrogen and oxygen atoms in total. The molecule has 0 spiro atoms. The highest BCUT2D eigenvalue weighted by Crippen LogP contribution is 2.28. The number of halogens is 1. The van der Waals surface area contributed by atoms with Crippen LogP contribution in [0.1, 0.15) is 44.1 Å². The highest BCUT2D eigenvalue weighted by atomic mass is 79.9. The topological polar surface area (TPSA) is 23.5 Å². The lowest BCUT2D eigenvalue weighted by atomic mass is 10.2. The Morgan fingerprint density at radius 3 is 2.35 bits per heavy atom. The summed E-state index contributed by atoms with van der Waals surface area (Å²) < 4.78 is 1.09. The standard InChI is InChI=1S/C13H22BrNOS/c1-3-8-15(9-4-2)10-7-11(16)12-5-6-13(14)17-12/h5-6,11,16H,3-4,7-10H2,1-2H3. The average Bonchev–Trinajstić information content (AvgIpc) is 2.73. The van der Waals surface area contributed by atoms with E-state index in [2.05, 4.69) is 34.7 Å². The summed E-state index contributed by atoms with van der Waals surface area (Å²) in [5.74, 6) is 0. The first-order valence-electron chi connectivity index (χ1n) is 6.33. The largest absolute Gasteiger partial charge is 0.388 e. The van der Waals surface area contributed by atoms with E-state index in [1.165, 1.54) is 12.8 Å². The molecule has 0 aromatic carbocycles. The van der Waals surface area contributed by atoms with Crippen molar-refractivity contribution in [3.8, 4) is 0 Å². The van der Waals surface area contributed by atoms with Crippen LogP contribution in [0.2, 0.25) is 0 Å². The van der Waals surface area contributed by atoms with Gasteiger partial charge in [-0.2, -0.15) is 0 Å². The maximum absolute atomic E-state index is 10.1. The zero-order chi connectivity index (χ0) is 12.7. The van der Waals surface area contributed by atoms with E-state index in [1.807, 2.05) is 12.1 Å². The summed E-state index contributed by atoms with van der Waals surface area (Å²) >= 11 is 5.05. The van der Waals surface area contributed by atoms with E-state index in [4.69, 9.17) is 0 Å². The maximum Gasteiger partial charge on any atom is 0.0894 e. The van der Waals surface area contributed by atoms with E-state index >= 15 is 0 Å². The molecule has 0 aliphatic carbocycles. The molecule has 1 atom stereocenters. The van der Waals surface area contributed by atoms with Crippen LogP contribution in [0.15, 0.2) is 15.9 Å². The predicted molar refractivity (Wildman–Crippen MR) is 78.6 cm³/mol. The Hall–Kier alpha value is 0.1000. The van der Waals surface area contributed by atoms with Crippen LogP contribution in [-0.2, 0) is 0 Å². The highest BCUT2D eigenvalue weighted by Gasteiger charge is 2.12.